The van der Waals surface area contributed by atoms with Crippen LogP contribution in [0.3, 0.4) is 0 Å². The fraction of sp³-hybridized carbons (Fsp3) is 0.125. The minimum atomic E-state index is -0.660. The number of rotatable bonds is 4. The molecule has 0 spiro atoms. The fourth-order valence-corrected chi connectivity index (χ4v) is 2.95. The monoisotopic (exact) mass is 377 g/mol. The molecule has 2 N–H and O–H groups in total. The van der Waals surface area contributed by atoms with Crippen LogP contribution in [0.4, 0.5) is 11.5 Å². The van der Waals surface area contributed by atoms with Gasteiger partial charge in [-0.05, 0) is 30.3 Å². The lowest BCUT2D eigenvalue weighted by Crippen LogP contribution is -2.22. The van der Waals surface area contributed by atoms with Gasteiger partial charge in [0.15, 0.2) is 6.61 Å². The third-order valence-corrected chi connectivity index (χ3v) is 4.47. The SMILES string of the molecule is O=C(COC(=O)c1ccc2c(c1)NC(=O)CS2)Nc1ccc(Cl)cn1. The number of ether oxygens (including phenoxy) is 1. The minimum absolute atomic E-state index is 0.127. The number of hydrogen-bond acceptors (Lipinski definition) is 6. The number of benzene rings is 1. The van der Waals surface area contributed by atoms with E-state index in [9.17, 15) is 14.4 Å². The van der Waals surface area contributed by atoms with Crippen molar-refractivity contribution in [2.45, 2.75) is 4.90 Å². The first kappa shape index (κ1) is 17.2. The van der Waals surface area contributed by atoms with Gasteiger partial charge in [0.25, 0.3) is 5.91 Å². The molecular weight excluding hydrogens is 366 g/mol. The smallest absolute Gasteiger partial charge is 0.338 e. The molecule has 7 nitrogen and oxygen atoms in total. The summed E-state index contributed by atoms with van der Waals surface area (Å²) in [4.78, 5) is 40.0. The molecule has 9 heteroatoms. The second-order valence-electron chi connectivity index (χ2n) is 5.03. The maximum absolute atomic E-state index is 12.1. The van der Waals surface area contributed by atoms with Crippen LogP contribution < -0.4 is 10.6 Å². The van der Waals surface area contributed by atoms with E-state index in [4.69, 9.17) is 16.3 Å². The van der Waals surface area contributed by atoms with Crippen molar-refractivity contribution >= 4 is 52.7 Å². The molecule has 0 saturated carbocycles. The average Bonchev–Trinajstić information content (AvgIpc) is 2.61. The van der Waals surface area contributed by atoms with E-state index in [1.807, 2.05) is 0 Å². The molecule has 0 radical (unpaired) electrons. The first-order chi connectivity index (χ1) is 12.0. The summed E-state index contributed by atoms with van der Waals surface area (Å²) in [6.07, 6.45) is 1.39. The number of amides is 2. The number of thioether (sulfide) groups is 1. The lowest BCUT2D eigenvalue weighted by molar-refractivity contribution is -0.119. The molecule has 2 aromatic rings. The van der Waals surface area contributed by atoms with Gasteiger partial charge in [0.1, 0.15) is 5.82 Å². The van der Waals surface area contributed by atoms with E-state index in [-0.39, 0.29) is 11.5 Å². The van der Waals surface area contributed by atoms with Crippen molar-refractivity contribution in [2.24, 2.45) is 0 Å². The van der Waals surface area contributed by atoms with Gasteiger partial charge in [-0.3, -0.25) is 9.59 Å². The number of nitrogens with one attached hydrogen (secondary N) is 2. The van der Waals surface area contributed by atoms with Gasteiger partial charge in [-0.2, -0.15) is 0 Å². The average molecular weight is 378 g/mol. The number of anilines is 2. The molecular formula is C16H12ClN3O4S. The van der Waals surface area contributed by atoms with Crippen molar-refractivity contribution < 1.29 is 19.1 Å². The molecule has 0 fully saturated rings. The summed E-state index contributed by atoms with van der Waals surface area (Å²) in [5, 5.41) is 5.62. The lowest BCUT2D eigenvalue weighted by Gasteiger charge is -2.16. The van der Waals surface area contributed by atoms with Crippen LogP contribution in [0.1, 0.15) is 10.4 Å². The number of hydrogen-bond donors (Lipinski definition) is 2. The normalized spacial score (nSPS) is 12.8. The quantitative estimate of drug-likeness (QED) is 0.795. The second kappa shape index (κ2) is 7.54. The Hall–Kier alpha value is -2.58. The summed E-state index contributed by atoms with van der Waals surface area (Å²) in [5.74, 6) is -0.663. The summed E-state index contributed by atoms with van der Waals surface area (Å²) in [7, 11) is 0. The van der Waals surface area contributed by atoms with Gasteiger partial charge in [-0.15, -0.1) is 11.8 Å². The maximum atomic E-state index is 12.1. The molecule has 3 rings (SSSR count). The number of carbonyl (C=O) groups excluding carboxylic acids is 3. The zero-order valence-electron chi connectivity index (χ0n) is 12.7. The Kier molecular flexibility index (Phi) is 5.20. The van der Waals surface area contributed by atoms with Crippen molar-refractivity contribution in [3.05, 3.63) is 47.1 Å². The van der Waals surface area contributed by atoms with Crippen molar-refractivity contribution in [3.8, 4) is 0 Å². The van der Waals surface area contributed by atoms with Gasteiger partial charge in [-0.25, -0.2) is 9.78 Å². The van der Waals surface area contributed by atoms with Crippen molar-refractivity contribution in [1.82, 2.24) is 4.98 Å². The molecule has 128 valence electrons. The van der Waals surface area contributed by atoms with Crippen LogP contribution >= 0.6 is 23.4 Å². The predicted molar refractivity (Wildman–Crippen MR) is 94.0 cm³/mol. The van der Waals surface area contributed by atoms with E-state index in [2.05, 4.69) is 15.6 Å². The van der Waals surface area contributed by atoms with Crippen LogP contribution in [0.5, 0.6) is 0 Å². The summed E-state index contributed by atoms with van der Waals surface area (Å²) < 4.78 is 4.98. The molecule has 1 aliphatic heterocycles. The van der Waals surface area contributed by atoms with Gasteiger partial charge in [0, 0.05) is 11.1 Å². The number of fused-ring (bicyclic) bond motifs is 1. The van der Waals surface area contributed by atoms with E-state index in [0.29, 0.717) is 22.3 Å². The molecule has 0 bridgehead atoms. The van der Waals surface area contributed by atoms with Crippen molar-refractivity contribution in [1.29, 1.82) is 0 Å². The summed E-state index contributed by atoms with van der Waals surface area (Å²) in [6, 6.07) is 7.96. The number of esters is 1. The van der Waals surface area contributed by atoms with Crippen LogP contribution in [-0.4, -0.2) is 35.1 Å². The number of halogens is 1. The Bertz CT molecular complexity index is 842. The lowest BCUT2D eigenvalue weighted by atomic mass is 10.2. The van der Waals surface area contributed by atoms with E-state index >= 15 is 0 Å². The highest BCUT2D eigenvalue weighted by molar-refractivity contribution is 8.00. The minimum Gasteiger partial charge on any atom is -0.452 e. The number of pyridine rings is 1. The highest BCUT2D eigenvalue weighted by Crippen LogP contribution is 2.32. The van der Waals surface area contributed by atoms with E-state index in [0.717, 1.165) is 4.90 Å². The Labute approximate surface area is 152 Å². The van der Waals surface area contributed by atoms with Gasteiger partial charge < -0.3 is 15.4 Å². The molecule has 0 unspecified atom stereocenters. The molecule has 0 atom stereocenters. The molecule has 1 aliphatic rings. The van der Waals surface area contributed by atoms with E-state index < -0.39 is 18.5 Å². The molecule has 2 amide bonds. The third kappa shape index (κ3) is 4.49. The highest BCUT2D eigenvalue weighted by atomic mass is 35.5. The second-order valence-corrected chi connectivity index (χ2v) is 6.49. The van der Waals surface area contributed by atoms with Crippen molar-refractivity contribution in [2.75, 3.05) is 23.0 Å². The largest absolute Gasteiger partial charge is 0.452 e. The Morgan fingerprint density at radius 1 is 1.32 bits per heavy atom. The molecule has 2 heterocycles. The highest BCUT2D eigenvalue weighted by Gasteiger charge is 2.18. The van der Waals surface area contributed by atoms with Gasteiger partial charge in [-0.1, -0.05) is 11.6 Å². The first-order valence-corrected chi connectivity index (χ1v) is 8.53. The topological polar surface area (TPSA) is 97.4 Å². The van der Waals surface area contributed by atoms with E-state index in [1.54, 1.807) is 18.2 Å². The molecule has 1 aromatic heterocycles. The van der Waals surface area contributed by atoms with Crippen LogP contribution in [0, 0.1) is 0 Å². The Morgan fingerprint density at radius 3 is 2.92 bits per heavy atom. The Morgan fingerprint density at radius 2 is 2.16 bits per heavy atom. The van der Waals surface area contributed by atoms with Gasteiger partial charge in [0.05, 0.1) is 22.0 Å². The zero-order chi connectivity index (χ0) is 17.8. The van der Waals surface area contributed by atoms with Gasteiger partial charge >= 0.3 is 5.97 Å². The van der Waals surface area contributed by atoms with Gasteiger partial charge in [0.2, 0.25) is 5.91 Å². The fourth-order valence-electron chi connectivity index (χ4n) is 2.05. The molecule has 25 heavy (non-hydrogen) atoms. The van der Waals surface area contributed by atoms with Crippen LogP contribution in [0.2, 0.25) is 5.02 Å². The zero-order valence-corrected chi connectivity index (χ0v) is 14.3. The third-order valence-electron chi connectivity index (χ3n) is 3.18. The maximum Gasteiger partial charge on any atom is 0.338 e. The van der Waals surface area contributed by atoms with Crippen LogP contribution in [0.25, 0.3) is 0 Å². The molecule has 0 aliphatic carbocycles. The first-order valence-electron chi connectivity index (χ1n) is 7.16. The predicted octanol–water partition coefficient (Wildman–Crippen LogP) is 2.57. The standard InChI is InChI=1S/C16H12ClN3O4S/c17-10-2-4-13(18-6-10)20-14(21)7-24-16(23)9-1-3-12-11(5-9)19-15(22)8-25-12/h1-6H,7-8H2,(H,19,22)(H,18,20,21). The molecule has 0 saturated heterocycles. The van der Waals surface area contributed by atoms with Crippen LogP contribution in [-0.2, 0) is 14.3 Å². The number of aromatic nitrogens is 1. The summed E-state index contributed by atoms with van der Waals surface area (Å²) in [6.45, 7) is -0.457. The number of carbonyl (C=O) groups is 3. The molecule has 1 aromatic carbocycles. The van der Waals surface area contributed by atoms with Crippen LogP contribution in [0.15, 0.2) is 41.4 Å². The summed E-state index contributed by atoms with van der Waals surface area (Å²) >= 11 is 7.10. The van der Waals surface area contributed by atoms with E-state index in [1.165, 1.54) is 30.1 Å². The Balaban J connectivity index is 1.57. The summed E-state index contributed by atoms with van der Waals surface area (Å²) in [5.41, 5.74) is 0.810. The number of nitrogens with zero attached hydrogens (tertiary/aromatic N) is 1. The van der Waals surface area contributed by atoms with Crippen molar-refractivity contribution in [3.63, 3.8) is 0 Å².